The second-order valence-electron chi connectivity index (χ2n) is 5.92. The van der Waals surface area contributed by atoms with Crippen LogP contribution in [-0.4, -0.2) is 31.0 Å². The molecule has 1 aliphatic rings. The molecule has 0 bridgehead atoms. The lowest BCUT2D eigenvalue weighted by Crippen LogP contribution is -2.39. The smallest absolute Gasteiger partial charge is 0.337 e. The number of amides is 2. The third kappa shape index (κ3) is 3.83. The van der Waals surface area contributed by atoms with Gasteiger partial charge in [-0.25, -0.2) is 4.79 Å². The quantitative estimate of drug-likeness (QED) is 0.823. The van der Waals surface area contributed by atoms with Crippen LogP contribution in [0.25, 0.3) is 0 Å². The summed E-state index contributed by atoms with van der Waals surface area (Å²) in [6.45, 7) is 1.91. The van der Waals surface area contributed by atoms with Crippen LogP contribution < -0.4 is 15.4 Å². The zero-order valence-electron chi connectivity index (χ0n) is 14.4. The van der Waals surface area contributed by atoms with Gasteiger partial charge in [-0.1, -0.05) is 6.07 Å². The Morgan fingerprint density at radius 3 is 2.62 bits per heavy atom. The maximum absolute atomic E-state index is 12.2. The maximum Gasteiger partial charge on any atom is 0.337 e. The van der Waals surface area contributed by atoms with Crippen molar-refractivity contribution in [2.45, 2.75) is 19.4 Å². The van der Waals surface area contributed by atoms with Crippen molar-refractivity contribution >= 4 is 29.2 Å². The zero-order chi connectivity index (χ0) is 18.7. The summed E-state index contributed by atoms with van der Waals surface area (Å²) in [6.07, 6.45) is -1.03. The molecule has 2 N–H and O–H groups in total. The summed E-state index contributed by atoms with van der Waals surface area (Å²) in [5.41, 5.74) is 2.49. The van der Waals surface area contributed by atoms with Gasteiger partial charge in [0.05, 0.1) is 24.8 Å². The summed E-state index contributed by atoms with van der Waals surface area (Å²) in [7, 11) is 1.30. The largest absolute Gasteiger partial charge is 0.478 e. The van der Waals surface area contributed by atoms with Gasteiger partial charge in [-0.05, 0) is 48.9 Å². The molecule has 1 aliphatic heterocycles. The minimum absolute atomic E-state index is 0.127. The molecule has 0 spiro atoms. The number of carbonyl (C=O) groups excluding carboxylic acids is 3. The Bertz CT molecular complexity index is 861. The number of esters is 1. The van der Waals surface area contributed by atoms with E-state index in [1.807, 2.05) is 19.1 Å². The molecule has 0 saturated carbocycles. The van der Waals surface area contributed by atoms with Gasteiger partial charge in [0.2, 0.25) is 5.91 Å². The van der Waals surface area contributed by atoms with Gasteiger partial charge in [0.1, 0.15) is 5.75 Å². The maximum atomic E-state index is 12.2. The van der Waals surface area contributed by atoms with Crippen molar-refractivity contribution in [1.82, 2.24) is 0 Å². The van der Waals surface area contributed by atoms with Gasteiger partial charge in [-0.15, -0.1) is 0 Å². The van der Waals surface area contributed by atoms with E-state index in [-0.39, 0.29) is 18.2 Å². The number of hydrogen-bond donors (Lipinski definition) is 2. The van der Waals surface area contributed by atoms with Crippen molar-refractivity contribution in [1.29, 1.82) is 0 Å². The molecular formula is C19H18N2O5. The average Bonchev–Trinajstić information content (AvgIpc) is 2.62. The molecule has 134 valence electrons. The first kappa shape index (κ1) is 17.5. The van der Waals surface area contributed by atoms with Crippen molar-refractivity contribution in [3.63, 3.8) is 0 Å². The highest BCUT2D eigenvalue weighted by Gasteiger charge is 2.29. The molecule has 3 rings (SSSR count). The van der Waals surface area contributed by atoms with Crippen molar-refractivity contribution < 1.29 is 23.9 Å². The summed E-state index contributed by atoms with van der Waals surface area (Å²) in [5, 5.41) is 5.43. The number of anilines is 2. The van der Waals surface area contributed by atoms with Crippen LogP contribution in [0.3, 0.4) is 0 Å². The van der Waals surface area contributed by atoms with Crippen LogP contribution in [0.4, 0.5) is 11.4 Å². The second kappa shape index (κ2) is 7.26. The summed E-state index contributed by atoms with van der Waals surface area (Å²) in [5.74, 6) is -0.648. The SMILES string of the molecule is COC(=O)c1ccc(NC(=O)CC2Oc3ccc(C)cc3NC2=O)cc1. The summed E-state index contributed by atoms with van der Waals surface area (Å²) in [4.78, 5) is 35.7. The third-order valence-electron chi connectivity index (χ3n) is 3.92. The highest BCUT2D eigenvalue weighted by molar-refractivity contribution is 6.02. The van der Waals surface area contributed by atoms with E-state index >= 15 is 0 Å². The number of methoxy groups -OCH3 is 1. The van der Waals surface area contributed by atoms with E-state index in [2.05, 4.69) is 15.4 Å². The van der Waals surface area contributed by atoms with Gasteiger partial charge in [0, 0.05) is 5.69 Å². The molecule has 0 radical (unpaired) electrons. The number of nitrogens with one attached hydrogen (secondary N) is 2. The first-order valence-electron chi connectivity index (χ1n) is 8.02. The van der Waals surface area contributed by atoms with Crippen LogP contribution in [0, 0.1) is 6.92 Å². The van der Waals surface area contributed by atoms with Crippen LogP contribution in [0.15, 0.2) is 42.5 Å². The molecule has 1 atom stereocenters. The lowest BCUT2D eigenvalue weighted by molar-refractivity contribution is -0.128. The Morgan fingerprint density at radius 2 is 1.92 bits per heavy atom. The molecule has 26 heavy (non-hydrogen) atoms. The van der Waals surface area contributed by atoms with Crippen LogP contribution in [0.2, 0.25) is 0 Å². The molecule has 2 aromatic carbocycles. The number of rotatable bonds is 4. The first-order valence-corrected chi connectivity index (χ1v) is 8.02. The minimum Gasteiger partial charge on any atom is -0.478 e. The monoisotopic (exact) mass is 354 g/mol. The molecule has 7 heteroatoms. The summed E-state index contributed by atoms with van der Waals surface area (Å²) >= 11 is 0. The number of carbonyl (C=O) groups is 3. The predicted molar refractivity (Wildman–Crippen MR) is 95.3 cm³/mol. The minimum atomic E-state index is -0.903. The lowest BCUT2D eigenvalue weighted by Gasteiger charge is -2.25. The summed E-state index contributed by atoms with van der Waals surface area (Å²) in [6, 6.07) is 11.7. The fraction of sp³-hybridized carbons (Fsp3) is 0.211. The molecule has 0 aromatic heterocycles. The highest BCUT2D eigenvalue weighted by atomic mass is 16.5. The molecule has 1 unspecified atom stereocenters. The van der Waals surface area contributed by atoms with Gasteiger partial charge in [0.15, 0.2) is 6.10 Å². The van der Waals surface area contributed by atoms with E-state index in [0.29, 0.717) is 22.7 Å². The van der Waals surface area contributed by atoms with Crippen LogP contribution in [-0.2, 0) is 14.3 Å². The molecule has 2 amide bonds. The number of aryl methyl sites for hydroxylation is 1. The van der Waals surface area contributed by atoms with Gasteiger partial charge in [-0.2, -0.15) is 0 Å². The van der Waals surface area contributed by atoms with Gasteiger partial charge < -0.3 is 20.1 Å². The van der Waals surface area contributed by atoms with Crippen LogP contribution >= 0.6 is 0 Å². The molecular weight excluding hydrogens is 336 g/mol. The Labute approximate surface area is 150 Å². The second-order valence-corrected chi connectivity index (χ2v) is 5.92. The zero-order valence-corrected chi connectivity index (χ0v) is 14.4. The number of benzene rings is 2. The normalized spacial score (nSPS) is 15.3. The van der Waals surface area contributed by atoms with Gasteiger partial charge in [0.25, 0.3) is 5.91 Å². The van der Waals surface area contributed by atoms with Crippen molar-refractivity contribution in [3.8, 4) is 5.75 Å². The van der Waals surface area contributed by atoms with E-state index < -0.39 is 12.1 Å². The van der Waals surface area contributed by atoms with Crippen molar-refractivity contribution in [2.75, 3.05) is 17.7 Å². The number of hydrogen-bond acceptors (Lipinski definition) is 5. The first-order chi connectivity index (χ1) is 12.5. The third-order valence-corrected chi connectivity index (χ3v) is 3.92. The summed E-state index contributed by atoms with van der Waals surface area (Å²) < 4.78 is 10.3. The average molecular weight is 354 g/mol. The molecule has 7 nitrogen and oxygen atoms in total. The van der Waals surface area contributed by atoms with E-state index in [0.717, 1.165) is 5.56 Å². The van der Waals surface area contributed by atoms with E-state index in [4.69, 9.17) is 4.74 Å². The molecule has 1 heterocycles. The fourth-order valence-electron chi connectivity index (χ4n) is 2.59. The Kier molecular flexibility index (Phi) is 4.88. The van der Waals surface area contributed by atoms with Gasteiger partial charge in [-0.3, -0.25) is 9.59 Å². The Hall–Kier alpha value is -3.35. The van der Waals surface area contributed by atoms with E-state index in [1.54, 1.807) is 30.3 Å². The molecule has 0 fully saturated rings. The number of ether oxygens (including phenoxy) is 2. The number of fused-ring (bicyclic) bond motifs is 1. The molecule has 0 aliphatic carbocycles. The van der Waals surface area contributed by atoms with Crippen LogP contribution in [0.1, 0.15) is 22.3 Å². The van der Waals surface area contributed by atoms with Crippen molar-refractivity contribution in [3.05, 3.63) is 53.6 Å². The standard InChI is InChI=1S/C19H18N2O5/c1-11-3-8-15-14(9-11)21-18(23)16(26-15)10-17(22)20-13-6-4-12(5-7-13)19(24)25-2/h3-9,16H,10H2,1-2H3,(H,20,22)(H,21,23). The topological polar surface area (TPSA) is 93.7 Å². The Balaban J connectivity index is 1.62. The lowest BCUT2D eigenvalue weighted by atomic mass is 10.1. The van der Waals surface area contributed by atoms with Gasteiger partial charge >= 0.3 is 5.97 Å². The molecule has 2 aromatic rings. The van der Waals surface area contributed by atoms with Crippen LogP contribution in [0.5, 0.6) is 5.75 Å². The molecule has 0 saturated heterocycles. The predicted octanol–water partition coefficient (Wildman–Crippen LogP) is 2.51. The van der Waals surface area contributed by atoms with E-state index in [1.165, 1.54) is 7.11 Å². The van der Waals surface area contributed by atoms with E-state index in [9.17, 15) is 14.4 Å². The highest BCUT2D eigenvalue weighted by Crippen LogP contribution is 2.31. The fourth-order valence-corrected chi connectivity index (χ4v) is 2.59. The Morgan fingerprint density at radius 1 is 1.19 bits per heavy atom. The van der Waals surface area contributed by atoms with Crippen molar-refractivity contribution in [2.24, 2.45) is 0 Å².